The van der Waals surface area contributed by atoms with E-state index in [0.717, 1.165) is 17.3 Å². The van der Waals surface area contributed by atoms with Gasteiger partial charge in [0.05, 0.1) is 32.5 Å². The molecule has 0 aromatic heterocycles. The van der Waals surface area contributed by atoms with Crippen LogP contribution < -0.4 is 14.4 Å². The summed E-state index contributed by atoms with van der Waals surface area (Å²) in [5.41, 5.74) is 1.47. The fraction of sp³-hybridized carbons (Fsp3) is 0.429. The number of hydrogen-bond acceptors (Lipinski definition) is 4. The van der Waals surface area contributed by atoms with E-state index in [2.05, 4.69) is 4.90 Å². The van der Waals surface area contributed by atoms with Crippen molar-refractivity contribution in [2.45, 2.75) is 25.6 Å². The number of aryl methyl sites for hydroxylation is 1. The van der Waals surface area contributed by atoms with Gasteiger partial charge in [-0.1, -0.05) is 6.07 Å². The summed E-state index contributed by atoms with van der Waals surface area (Å²) in [6, 6.07) is 10.0. The minimum atomic E-state index is -4.33. The molecule has 7 heteroatoms. The topological polar surface area (TPSA) is 30.9 Å². The van der Waals surface area contributed by atoms with Gasteiger partial charge in [0.2, 0.25) is 0 Å². The van der Waals surface area contributed by atoms with E-state index in [1.165, 1.54) is 13.0 Å². The highest BCUT2D eigenvalue weighted by Crippen LogP contribution is 2.34. The molecule has 0 radical (unpaired) electrons. The Hall–Kier alpha value is -2.41. The van der Waals surface area contributed by atoms with Crippen molar-refractivity contribution in [3.63, 3.8) is 0 Å². The molecule has 28 heavy (non-hydrogen) atoms. The molecule has 0 aliphatic carbocycles. The van der Waals surface area contributed by atoms with Gasteiger partial charge in [0, 0.05) is 25.2 Å². The number of nitrogens with zero attached hydrogens (tertiary/aromatic N) is 1. The van der Waals surface area contributed by atoms with E-state index in [4.69, 9.17) is 14.2 Å². The maximum absolute atomic E-state index is 13.0. The second-order valence-electron chi connectivity index (χ2n) is 6.83. The van der Waals surface area contributed by atoms with E-state index in [9.17, 15) is 13.2 Å². The first-order valence-corrected chi connectivity index (χ1v) is 9.07. The number of alkyl halides is 3. The van der Waals surface area contributed by atoms with Crippen LogP contribution in [0.15, 0.2) is 36.4 Å². The minimum absolute atomic E-state index is 0.0607. The second kappa shape index (κ2) is 8.31. The number of hydrogen-bond donors (Lipinski definition) is 0. The molecule has 0 N–H and O–H groups in total. The first-order chi connectivity index (χ1) is 13.3. The van der Waals surface area contributed by atoms with Gasteiger partial charge in [-0.3, -0.25) is 0 Å². The van der Waals surface area contributed by atoms with Gasteiger partial charge in [0.1, 0.15) is 0 Å². The van der Waals surface area contributed by atoms with E-state index < -0.39 is 11.7 Å². The third-order valence-corrected chi connectivity index (χ3v) is 4.93. The largest absolute Gasteiger partial charge is 0.493 e. The zero-order valence-corrected chi connectivity index (χ0v) is 16.2. The lowest BCUT2D eigenvalue weighted by Crippen LogP contribution is -2.43. The Labute approximate surface area is 162 Å². The lowest BCUT2D eigenvalue weighted by Gasteiger charge is -2.35. The van der Waals surface area contributed by atoms with Gasteiger partial charge in [-0.15, -0.1) is 0 Å². The van der Waals surface area contributed by atoms with Crippen molar-refractivity contribution in [2.75, 3.05) is 38.8 Å². The van der Waals surface area contributed by atoms with Crippen molar-refractivity contribution in [3.05, 3.63) is 53.1 Å². The Morgan fingerprint density at radius 2 is 1.82 bits per heavy atom. The number of ether oxygens (including phenoxy) is 3. The molecule has 3 rings (SSSR count). The van der Waals surface area contributed by atoms with Crippen LogP contribution in [0.5, 0.6) is 11.5 Å². The molecule has 0 spiro atoms. The summed E-state index contributed by atoms with van der Waals surface area (Å²) in [7, 11) is 3.18. The average molecular weight is 395 g/mol. The molecule has 4 nitrogen and oxygen atoms in total. The van der Waals surface area contributed by atoms with Gasteiger partial charge in [-0.25, -0.2) is 0 Å². The summed E-state index contributed by atoms with van der Waals surface area (Å²) in [4.78, 5) is 2.07. The number of methoxy groups -OCH3 is 2. The molecule has 152 valence electrons. The Morgan fingerprint density at radius 3 is 2.46 bits per heavy atom. The van der Waals surface area contributed by atoms with Gasteiger partial charge in [-0.05, 0) is 48.4 Å². The standard InChI is InChI=1S/C21H24F3NO3/c1-14-10-16(5-6-18(14)21(22,23)24)25-8-9-28-17(13-25)11-15-4-7-19(26-2)20(12-15)27-3/h4-7,10,12,17H,8-9,11,13H2,1-3H3. The van der Waals surface area contributed by atoms with Crippen LogP contribution in [0, 0.1) is 6.92 Å². The first kappa shape index (κ1) is 20.3. The predicted octanol–water partition coefficient (Wildman–Crippen LogP) is 4.48. The molecule has 1 aliphatic rings. The molecule has 1 unspecified atom stereocenters. The number of anilines is 1. The lowest BCUT2D eigenvalue weighted by atomic mass is 10.0. The molecule has 0 amide bonds. The molecule has 1 saturated heterocycles. The third kappa shape index (κ3) is 4.52. The molecule has 1 atom stereocenters. The van der Waals surface area contributed by atoms with Crippen LogP contribution in [0.25, 0.3) is 0 Å². The van der Waals surface area contributed by atoms with Gasteiger partial charge in [0.25, 0.3) is 0 Å². The van der Waals surface area contributed by atoms with Gasteiger partial charge < -0.3 is 19.1 Å². The maximum atomic E-state index is 13.0. The molecule has 1 fully saturated rings. The molecule has 2 aromatic rings. The zero-order valence-electron chi connectivity index (χ0n) is 16.2. The van der Waals surface area contributed by atoms with E-state index in [1.807, 2.05) is 18.2 Å². The summed E-state index contributed by atoms with van der Waals surface area (Å²) in [6.45, 7) is 3.28. The zero-order chi connectivity index (χ0) is 20.3. The molecule has 0 bridgehead atoms. The second-order valence-corrected chi connectivity index (χ2v) is 6.83. The molecular formula is C21H24F3NO3. The average Bonchev–Trinajstić information content (AvgIpc) is 2.67. The van der Waals surface area contributed by atoms with Crippen molar-refractivity contribution >= 4 is 5.69 Å². The van der Waals surface area contributed by atoms with Crippen molar-refractivity contribution < 1.29 is 27.4 Å². The number of halogens is 3. The first-order valence-electron chi connectivity index (χ1n) is 9.07. The fourth-order valence-electron chi connectivity index (χ4n) is 3.51. The lowest BCUT2D eigenvalue weighted by molar-refractivity contribution is -0.138. The summed E-state index contributed by atoms with van der Waals surface area (Å²) in [5.74, 6) is 1.32. The highest BCUT2D eigenvalue weighted by atomic mass is 19.4. The highest BCUT2D eigenvalue weighted by Gasteiger charge is 2.32. The van der Waals surface area contributed by atoms with Crippen LogP contribution in [0.4, 0.5) is 18.9 Å². The smallest absolute Gasteiger partial charge is 0.416 e. The summed E-state index contributed by atoms with van der Waals surface area (Å²) < 4.78 is 55.4. The quantitative estimate of drug-likeness (QED) is 0.747. The normalized spacial score (nSPS) is 17.5. The third-order valence-electron chi connectivity index (χ3n) is 4.93. The van der Waals surface area contributed by atoms with Gasteiger partial charge in [0.15, 0.2) is 11.5 Å². The molecule has 2 aromatic carbocycles. The molecule has 0 saturated carbocycles. The van der Waals surface area contributed by atoms with Crippen LogP contribution in [0.3, 0.4) is 0 Å². The van der Waals surface area contributed by atoms with Crippen LogP contribution in [-0.2, 0) is 17.3 Å². The number of morpholine rings is 1. The summed E-state index contributed by atoms with van der Waals surface area (Å²) in [6.07, 6.45) is -3.71. The van der Waals surface area contributed by atoms with E-state index in [0.29, 0.717) is 37.6 Å². The van der Waals surface area contributed by atoms with E-state index in [1.54, 1.807) is 20.3 Å². The minimum Gasteiger partial charge on any atom is -0.493 e. The van der Waals surface area contributed by atoms with Crippen LogP contribution in [0.2, 0.25) is 0 Å². The monoisotopic (exact) mass is 395 g/mol. The van der Waals surface area contributed by atoms with E-state index in [-0.39, 0.29) is 11.7 Å². The Kier molecular flexibility index (Phi) is 6.03. The maximum Gasteiger partial charge on any atom is 0.416 e. The molecular weight excluding hydrogens is 371 g/mol. The van der Waals surface area contributed by atoms with Gasteiger partial charge >= 0.3 is 6.18 Å². The van der Waals surface area contributed by atoms with Gasteiger partial charge in [-0.2, -0.15) is 13.2 Å². The number of rotatable bonds is 5. The molecule has 1 heterocycles. The Bertz CT molecular complexity index is 823. The van der Waals surface area contributed by atoms with Crippen LogP contribution in [-0.4, -0.2) is 40.0 Å². The number of benzene rings is 2. The Morgan fingerprint density at radius 1 is 1.07 bits per heavy atom. The predicted molar refractivity (Wildman–Crippen MR) is 101 cm³/mol. The SMILES string of the molecule is COc1ccc(CC2CN(c3ccc(C(F)(F)F)c(C)c3)CCO2)cc1OC. The van der Waals surface area contributed by atoms with Crippen molar-refractivity contribution in [3.8, 4) is 11.5 Å². The van der Waals surface area contributed by atoms with Crippen LogP contribution >= 0.6 is 0 Å². The van der Waals surface area contributed by atoms with Crippen molar-refractivity contribution in [1.29, 1.82) is 0 Å². The molecule has 1 aliphatic heterocycles. The van der Waals surface area contributed by atoms with Crippen LogP contribution in [0.1, 0.15) is 16.7 Å². The summed E-state index contributed by atoms with van der Waals surface area (Å²) in [5, 5.41) is 0. The highest BCUT2D eigenvalue weighted by molar-refractivity contribution is 5.52. The summed E-state index contributed by atoms with van der Waals surface area (Å²) >= 11 is 0. The van der Waals surface area contributed by atoms with E-state index >= 15 is 0 Å². The van der Waals surface area contributed by atoms with Crippen molar-refractivity contribution in [2.24, 2.45) is 0 Å². The Balaban J connectivity index is 1.72. The van der Waals surface area contributed by atoms with Crippen molar-refractivity contribution in [1.82, 2.24) is 0 Å². The fourth-order valence-corrected chi connectivity index (χ4v) is 3.51.